The van der Waals surface area contributed by atoms with Crippen molar-refractivity contribution in [3.8, 4) is 0 Å². The van der Waals surface area contributed by atoms with Crippen LogP contribution >= 0.6 is 0 Å². The third kappa shape index (κ3) is 4.36. The summed E-state index contributed by atoms with van der Waals surface area (Å²) in [5, 5.41) is 3.36. The van der Waals surface area contributed by atoms with E-state index in [-0.39, 0.29) is 29.6 Å². The van der Waals surface area contributed by atoms with Crippen LogP contribution in [-0.2, 0) is 14.3 Å². The second-order valence-corrected chi connectivity index (χ2v) is 8.77. The van der Waals surface area contributed by atoms with E-state index < -0.39 is 0 Å². The molecule has 3 aliphatic rings. The molecule has 1 spiro atoms. The molecule has 1 aliphatic carbocycles. The third-order valence-corrected chi connectivity index (χ3v) is 6.32. The number of nitrogens with zero attached hydrogens (tertiary/aromatic N) is 1. The topological polar surface area (TPSA) is 58.6 Å². The summed E-state index contributed by atoms with van der Waals surface area (Å²) in [5.41, 5.74) is -0.153. The van der Waals surface area contributed by atoms with Crippen LogP contribution in [-0.4, -0.2) is 47.6 Å². The van der Waals surface area contributed by atoms with Crippen molar-refractivity contribution in [2.45, 2.75) is 89.9 Å². The minimum Gasteiger partial charge on any atom is -0.371 e. The Morgan fingerprint density at radius 3 is 2.52 bits per heavy atom. The van der Waals surface area contributed by atoms with Crippen molar-refractivity contribution in [3.63, 3.8) is 0 Å². The average molecular weight is 351 g/mol. The fraction of sp³-hybridized carbons (Fsp3) is 0.900. The van der Waals surface area contributed by atoms with Gasteiger partial charge in [0.25, 0.3) is 0 Å². The van der Waals surface area contributed by atoms with Crippen LogP contribution in [0.1, 0.15) is 72.1 Å². The first-order chi connectivity index (χ1) is 11.9. The molecule has 3 atom stereocenters. The van der Waals surface area contributed by atoms with Gasteiger partial charge >= 0.3 is 0 Å². The molecule has 5 nitrogen and oxygen atoms in total. The number of piperidine rings is 1. The Morgan fingerprint density at radius 2 is 1.88 bits per heavy atom. The van der Waals surface area contributed by atoms with Crippen molar-refractivity contribution < 1.29 is 14.3 Å². The van der Waals surface area contributed by atoms with Crippen LogP contribution in [0.4, 0.5) is 0 Å². The molecule has 0 radical (unpaired) electrons. The number of rotatable bonds is 3. The average Bonchev–Trinajstić information content (AvgIpc) is 2.54. The molecule has 0 aromatic rings. The number of ether oxygens (including phenoxy) is 1. The highest BCUT2D eigenvalue weighted by atomic mass is 16.5. The smallest absolute Gasteiger partial charge is 0.220 e. The van der Waals surface area contributed by atoms with Gasteiger partial charge in [0.1, 0.15) is 0 Å². The zero-order chi connectivity index (χ0) is 18.0. The minimum absolute atomic E-state index is 0.153. The summed E-state index contributed by atoms with van der Waals surface area (Å²) in [7, 11) is 0. The Bertz CT molecular complexity index is 497. The van der Waals surface area contributed by atoms with E-state index in [2.05, 4.69) is 19.2 Å². The molecule has 1 saturated carbocycles. The van der Waals surface area contributed by atoms with Crippen molar-refractivity contribution in [1.82, 2.24) is 10.2 Å². The van der Waals surface area contributed by atoms with Gasteiger partial charge in [-0.3, -0.25) is 9.59 Å². The summed E-state index contributed by atoms with van der Waals surface area (Å²) in [5.74, 6) is 1.18. The Hall–Kier alpha value is -1.10. The maximum atomic E-state index is 12.4. The molecule has 25 heavy (non-hydrogen) atoms. The molecular weight excluding hydrogens is 316 g/mol. The van der Waals surface area contributed by atoms with E-state index in [0.717, 1.165) is 45.2 Å². The fourth-order valence-electron chi connectivity index (χ4n) is 5.00. The van der Waals surface area contributed by atoms with E-state index in [9.17, 15) is 9.59 Å². The molecule has 0 aromatic heterocycles. The van der Waals surface area contributed by atoms with E-state index in [1.54, 1.807) is 6.92 Å². The first kappa shape index (κ1) is 18.7. The quantitative estimate of drug-likeness (QED) is 0.851. The summed E-state index contributed by atoms with van der Waals surface area (Å²) < 4.78 is 6.65. The highest BCUT2D eigenvalue weighted by molar-refractivity contribution is 5.76. The maximum absolute atomic E-state index is 12.4. The predicted octanol–water partition coefficient (Wildman–Crippen LogP) is 2.88. The second kappa shape index (κ2) is 7.65. The first-order valence-electron chi connectivity index (χ1n) is 10.1. The van der Waals surface area contributed by atoms with Crippen molar-refractivity contribution in [3.05, 3.63) is 0 Å². The molecule has 0 aromatic carbocycles. The SMILES string of the molecule is CC(=O)N1CCC2(CC1)C[C@@H](NC(=O)CC(C)C)[C@@H]1CCCC[C@H]1O2. The van der Waals surface area contributed by atoms with Gasteiger partial charge in [-0.15, -0.1) is 0 Å². The number of fused-ring (bicyclic) bond motifs is 1. The lowest BCUT2D eigenvalue weighted by atomic mass is 9.71. The number of likely N-dealkylation sites (tertiary alicyclic amines) is 1. The zero-order valence-corrected chi connectivity index (χ0v) is 16.1. The number of nitrogens with one attached hydrogen (secondary N) is 1. The van der Waals surface area contributed by atoms with E-state index in [1.165, 1.54) is 12.8 Å². The highest BCUT2D eigenvalue weighted by Gasteiger charge is 2.49. The maximum Gasteiger partial charge on any atom is 0.220 e. The van der Waals surface area contributed by atoms with Gasteiger partial charge in [0.2, 0.25) is 11.8 Å². The highest BCUT2D eigenvalue weighted by Crippen LogP contribution is 2.44. The molecule has 3 rings (SSSR count). The van der Waals surface area contributed by atoms with Gasteiger partial charge in [-0.25, -0.2) is 0 Å². The molecular formula is C20H34N2O3. The van der Waals surface area contributed by atoms with E-state index in [0.29, 0.717) is 18.3 Å². The normalized spacial score (nSPS) is 31.7. The van der Waals surface area contributed by atoms with E-state index >= 15 is 0 Å². The summed E-state index contributed by atoms with van der Waals surface area (Å²) in [6.07, 6.45) is 8.31. The summed E-state index contributed by atoms with van der Waals surface area (Å²) in [4.78, 5) is 26.0. The standard InChI is InChI=1S/C20H34N2O3/c1-14(2)12-19(24)21-17-13-20(8-10-22(11-9-20)15(3)23)25-18-7-5-4-6-16(17)18/h14,16-18H,4-13H2,1-3H3,(H,21,24)/t16-,17+,18+/m0/s1. The molecule has 3 fully saturated rings. The number of hydrogen-bond donors (Lipinski definition) is 1. The molecule has 0 unspecified atom stereocenters. The van der Waals surface area contributed by atoms with Gasteiger partial charge in [0.15, 0.2) is 0 Å². The molecule has 2 amide bonds. The van der Waals surface area contributed by atoms with Crippen molar-refractivity contribution in [2.75, 3.05) is 13.1 Å². The molecule has 2 heterocycles. The van der Waals surface area contributed by atoms with Gasteiger partial charge < -0.3 is 15.0 Å². The van der Waals surface area contributed by atoms with Crippen molar-refractivity contribution in [2.24, 2.45) is 11.8 Å². The van der Waals surface area contributed by atoms with Crippen LogP contribution in [0.5, 0.6) is 0 Å². The van der Waals surface area contributed by atoms with Crippen LogP contribution in [0, 0.1) is 11.8 Å². The molecule has 5 heteroatoms. The fourth-order valence-corrected chi connectivity index (χ4v) is 5.00. The Balaban J connectivity index is 1.70. The van der Waals surface area contributed by atoms with Crippen LogP contribution in [0.2, 0.25) is 0 Å². The Kier molecular flexibility index (Phi) is 5.71. The largest absolute Gasteiger partial charge is 0.371 e. The molecule has 2 saturated heterocycles. The van der Waals surface area contributed by atoms with Crippen LogP contribution < -0.4 is 5.32 Å². The van der Waals surface area contributed by atoms with Gasteiger partial charge in [-0.1, -0.05) is 26.7 Å². The Morgan fingerprint density at radius 1 is 1.20 bits per heavy atom. The molecule has 142 valence electrons. The van der Waals surface area contributed by atoms with E-state index in [1.807, 2.05) is 4.90 Å². The summed E-state index contributed by atoms with van der Waals surface area (Å²) in [6.45, 7) is 7.38. The van der Waals surface area contributed by atoms with Crippen LogP contribution in [0.25, 0.3) is 0 Å². The third-order valence-electron chi connectivity index (χ3n) is 6.32. The number of amides is 2. The van der Waals surface area contributed by atoms with E-state index in [4.69, 9.17) is 4.74 Å². The second-order valence-electron chi connectivity index (χ2n) is 8.77. The van der Waals surface area contributed by atoms with Gasteiger partial charge in [0.05, 0.1) is 11.7 Å². The van der Waals surface area contributed by atoms with Crippen LogP contribution in [0.15, 0.2) is 0 Å². The zero-order valence-electron chi connectivity index (χ0n) is 16.1. The minimum atomic E-state index is -0.153. The lowest BCUT2D eigenvalue weighted by Gasteiger charge is -2.53. The lowest BCUT2D eigenvalue weighted by Crippen LogP contribution is -2.60. The van der Waals surface area contributed by atoms with Gasteiger partial charge in [0, 0.05) is 38.4 Å². The van der Waals surface area contributed by atoms with Crippen LogP contribution in [0.3, 0.4) is 0 Å². The number of hydrogen-bond acceptors (Lipinski definition) is 3. The van der Waals surface area contributed by atoms with Gasteiger partial charge in [-0.05, 0) is 38.0 Å². The number of carbonyl (C=O) groups excluding carboxylic acids is 2. The number of carbonyl (C=O) groups is 2. The van der Waals surface area contributed by atoms with Crippen molar-refractivity contribution in [1.29, 1.82) is 0 Å². The molecule has 0 bridgehead atoms. The Labute approximate surface area is 151 Å². The summed E-state index contributed by atoms with van der Waals surface area (Å²) >= 11 is 0. The monoisotopic (exact) mass is 350 g/mol. The summed E-state index contributed by atoms with van der Waals surface area (Å²) in [6, 6.07) is 0.231. The van der Waals surface area contributed by atoms with Crippen molar-refractivity contribution >= 4 is 11.8 Å². The molecule has 2 aliphatic heterocycles. The van der Waals surface area contributed by atoms with Gasteiger partial charge in [-0.2, -0.15) is 0 Å². The molecule has 1 N–H and O–H groups in total. The predicted molar refractivity (Wildman–Crippen MR) is 97.1 cm³/mol. The lowest BCUT2D eigenvalue weighted by molar-refractivity contribution is -0.194. The first-order valence-corrected chi connectivity index (χ1v) is 10.1.